The number of aliphatic hydroxyl groups excluding tert-OH is 1. The van der Waals surface area contributed by atoms with Crippen LogP contribution in [0.15, 0.2) is 60.7 Å². The number of esters is 2. The fraction of sp³-hybridized carbons (Fsp3) is 0.500. The molecule has 0 radical (unpaired) electrons. The molecule has 0 aromatic heterocycles. The van der Waals surface area contributed by atoms with Gasteiger partial charge in [0.05, 0.1) is 29.5 Å². The molecule has 2 amide bonds. The van der Waals surface area contributed by atoms with Crippen LogP contribution in [0.25, 0.3) is 0 Å². The Morgan fingerprint density at radius 3 is 2.35 bits per heavy atom. The molecule has 262 valence electrons. The number of alkyl halides is 1. The van der Waals surface area contributed by atoms with Gasteiger partial charge in [-0.1, -0.05) is 88.7 Å². The lowest BCUT2D eigenvalue weighted by molar-refractivity contribution is -0.178. The summed E-state index contributed by atoms with van der Waals surface area (Å²) in [5.74, 6) is -3.65. The molecule has 1 heterocycles. The van der Waals surface area contributed by atoms with Crippen LogP contribution < -0.4 is 15.4 Å². The van der Waals surface area contributed by atoms with Gasteiger partial charge in [-0.15, -0.1) is 11.6 Å². The molecule has 1 aliphatic heterocycles. The van der Waals surface area contributed by atoms with Gasteiger partial charge in [0.15, 0.2) is 6.10 Å². The first kappa shape index (κ1) is 38.8. The molecule has 0 saturated heterocycles. The van der Waals surface area contributed by atoms with Crippen molar-refractivity contribution in [2.24, 2.45) is 17.3 Å². The number of nitrogens with one attached hydrogen (secondary N) is 2. The van der Waals surface area contributed by atoms with E-state index in [-0.39, 0.29) is 25.8 Å². The number of cyclic esters (lactones) is 2. The lowest BCUT2D eigenvalue weighted by Crippen LogP contribution is -2.49. The second-order valence-electron chi connectivity index (χ2n) is 13.3. The summed E-state index contributed by atoms with van der Waals surface area (Å²) >= 11 is 13.0. The molecule has 3 rings (SSSR count). The number of rotatable bonds is 8. The topological polar surface area (TPSA) is 140 Å². The average Bonchev–Trinajstić information content (AvgIpc) is 3.04. The van der Waals surface area contributed by atoms with E-state index in [1.165, 1.54) is 19.3 Å². The molecule has 0 saturated carbocycles. The van der Waals surface area contributed by atoms with Crippen molar-refractivity contribution >= 4 is 47.0 Å². The standard InChI is InChI=1S/C36H46Cl2N2O8/c1-21-20-39-33(43)26(18-23-15-16-28(46-6)25(37)17-23)40-30(41)14-10-13-27(22(2)32(42)31(38)24-11-8-7-9-12-24)47-35(45)29(48-34(21)44)19-36(3,4)5/h7-12,14-17,21-22,26-27,29,31-32,42H,13,18-20H2,1-6H3,(H,39,43)(H,40,41)/b14-10+/t21-,22+,26?,27+,29+,31+,32-/m1/s1. The van der Waals surface area contributed by atoms with Gasteiger partial charge in [-0.2, -0.15) is 0 Å². The van der Waals surface area contributed by atoms with Gasteiger partial charge in [0.1, 0.15) is 17.9 Å². The van der Waals surface area contributed by atoms with Crippen molar-refractivity contribution in [3.05, 3.63) is 76.8 Å². The van der Waals surface area contributed by atoms with Crippen molar-refractivity contribution in [2.45, 2.75) is 83.6 Å². The van der Waals surface area contributed by atoms with E-state index in [1.807, 2.05) is 26.8 Å². The Morgan fingerprint density at radius 2 is 1.73 bits per heavy atom. The van der Waals surface area contributed by atoms with Gasteiger partial charge in [-0.25, -0.2) is 4.79 Å². The number of methoxy groups -OCH3 is 1. The third-order valence-electron chi connectivity index (χ3n) is 8.04. The monoisotopic (exact) mass is 704 g/mol. The minimum Gasteiger partial charge on any atom is -0.495 e. The van der Waals surface area contributed by atoms with E-state index in [0.717, 1.165) is 0 Å². The number of aliphatic hydroxyl groups is 1. The zero-order valence-electron chi connectivity index (χ0n) is 28.2. The predicted molar refractivity (Wildman–Crippen MR) is 184 cm³/mol. The van der Waals surface area contributed by atoms with Gasteiger partial charge >= 0.3 is 11.9 Å². The number of hydrogen-bond donors (Lipinski definition) is 3. The first-order valence-corrected chi connectivity index (χ1v) is 16.8. The summed E-state index contributed by atoms with van der Waals surface area (Å²) in [5.41, 5.74) is 0.928. The van der Waals surface area contributed by atoms with E-state index in [4.69, 9.17) is 37.4 Å². The van der Waals surface area contributed by atoms with E-state index < -0.39 is 70.7 Å². The van der Waals surface area contributed by atoms with Crippen LogP contribution in [0.3, 0.4) is 0 Å². The van der Waals surface area contributed by atoms with Gasteiger partial charge in [0.2, 0.25) is 11.8 Å². The third-order valence-corrected chi connectivity index (χ3v) is 8.85. The van der Waals surface area contributed by atoms with Crippen LogP contribution in [0.1, 0.15) is 64.0 Å². The lowest BCUT2D eigenvalue weighted by Gasteiger charge is -2.32. The van der Waals surface area contributed by atoms with E-state index in [9.17, 15) is 24.3 Å². The minimum absolute atomic E-state index is 0.0212. The van der Waals surface area contributed by atoms with E-state index >= 15 is 0 Å². The Hall–Kier alpha value is -3.60. The number of amides is 2. The molecule has 0 aliphatic carbocycles. The van der Waals surface area contributed by atoms with Crippen molar-refractivity contribution in [1.82, 2.24) is 10.6 Å². The maximum atomic E-state index is 13.6. The van der Waals surface area contributed by atoms with Gasteiger partial charge < -0.3 is 30.0 Å². The summed E-state index contributed by atoms with van der Waals surface area (Å²) in [6.45, 7) is 8.85. The highest BCUT2D eigenvalue weighted by Crippen LogP contribution is 2.32. The van der Waals surface area contributed by atoms with Crippen LogP contribution in [-0.4, -0.2) is 66.9 Å². The molecule has 1 aliphatic rings. The summed E-state index contributed by atoms with van der Waals surface area (Å²) in [5, 5.41) is 16.2. The zero-order valence-corrected chi connectivity index (χ0v) is 29.7. The van der Waals surface area contributed by atoms with Crippen LogP contribution in [0, 0.1) is 17.3 Å². The lowest BCUT2D eigenvalue weighted by atomic mass is 9.88. The molecular formula is C36H46Cl2N2O8. The smallest absolute Gasteiger partial charge is 0.347 e. The van der Waals surface area contributed by atoms with Crippen LogP contribution in [0.4, 0.5) is 0 Å². The maximum absolute atomic E-state index is 13.6. The van der Waals surface area contributed by atoms with Crippen LogP contribution >= 0.6 is 23.2 Å². The third kappa shape index (κ3) is 11.5. The van der Waals surface area contributed by atoms with Crippen molar-refractivity contribution in [3.8, 4) is 5.75 Å². The molecule has 0 bridgehead atoms. The summed E-state index contributed by atoms with van der Waals surface area (Å²) < 4.78 is 16.8. The predicted octanol–water partition coefficient (Wildman–Crippen LogP) is 5.33. The molecule has 2 aromatic rings. The molecule has 2 aromatic carbocycles. The van der Waals surface area contributed by atoms with Crippen molar-refractivity contribution < 1.29 is 38.5 Å². The number of carbonyl (C=O) groups excluding carboxylic acids is 4. The van der Waals surface area contributed by atoms with Crippen LogP contribution in [0.2, 0.25) is 5.02 Å². The first-order chi connectivity index (χ1) is 22.6. The molecule has 7 atom stereocenters. The van der Waals surface area contributed by atoms with E-state index in [0.29, 0.717) is 21.9 Å². The largest absolute Gasteiger partial charge is 0.495 e. The summed E-state index contributed by atoms with van der Waals surface area (Å²) in [4.78, 5) is 53.3. The molecule has 12 heteroatoms. The minimum atomic E-state index is -1.25. The van der Waals surface area contributed by atoms with Crippen LogP contribution in [0.5, 0.6) is 5.75 Å². The van der Waals surface area contributed by atoms with Gasteiger partial charge in [0.25, 0.3) is 0 Å². The van der Waals surface area contributed by atoms with Crippen molar-refractivity contribution in [2.75, 3.05) is 13.7 Å². The molecule has 1 unspecified atom stereocenters. The Balaban J connectivity index is 1.94. The SMILES string of the molecule is COc1ccc(CC2NC(=O)/C=C/C[C@@H]([C@H](C)[C@@H](O)[C@@H](Cl)c3ccccc3)OC(=O)[C@H](CC(C)(C)C)OC(=O)[C@H](C)CNC2=O)cc1Cl. The fourth-order valence-corrected chi connectivity index (χ4v) is 5.83. The second kappa shape index (κ2) is 17.7. The van der Waals surface area contributed by atoms with Crippen LogP contribution in [-0.2, 0) is 35.1 Å². The molecule has 0 spiro atoms. The molecule has 3 N–H and O–H groups in total. The Morgan fingerprint density at radius 1 is 1.04 bits per heavy atom. The maximum Gasteiger partial charge on any atom is 0.347 e. The van der Waals surface area contributed by atoms with Crippen molar-refractivity contribution in [3.63, 3.8) is 0 Å². The Labute approximate surface area is 292 Å². The molecule has 0 fully saturated rings. The van der Waals surface area contributed by atoms with Crippen molar-refractivity contribution in [1.29, 1.82) is 0 Å². The number of halogens is 2. The molecular weight excluding hydrogens is 659 g/mol. The highest BCUT2D eigenvalue weighted by atomic mass is 35.5. The first-order valence-electron chi connectivity index (χ1n) is 15.9. The second-order valence-corrected chi connectivity index (χ2v) is 14.2. The van der Waals surface area contributed by atoms with E-state index in [1.54, 1.807) is 56.3 Å². The molecule has 10 nitrogen and oxygen atoms in total. The normalized spacial score (nSPS) is 24.3. The number of carbonyl (C=O) groups is 4. The average molecular weight is 706 g/mol. The summed E-state index contributed by atoms with van der Waals surface area (Å²) in [6, 6.07) is 13.0. The summed E-state index contributed by atoms with van der Waals surface area (Å²) in [7, 11) is 1.49. The highest BCUT2D eigenvalue weighted by molar-refractivity contribution is 6.32. The van der Waals surface area contributed by atoms with Gasteiger partial charge in [-0.05, 0) is 34.8 Å². The van der Waals surface area contributed by atoms with Gasteiger partial charge in [-0.3, -0.25) is 14.4 Å². The Kier molecular flexibility index (Phi) is 14.3. The highest BCUT2D eigenvalue weighted by Gasteiger charge is 2.37. The zero-order chi connectivity index (χ0) is 35.6. The van der Waals surface area contributed by atoms with Gasteiger partial charge in [0, 0.05) is 31.7 Å². The Bertz CT molecular complexity index is 1450. The quantitative estimate of drug-likeness (QED) is 0.248. The summed E-state index contributed by atoms with van der Waals surface area (Å²) in [6.07, 6.45) is -0.322. The van der Waals surface area contributed by atoms with E-state index in [2.05, 4.69) is 10.6 Å². The number of benzene rings is 2. The molecule has 48 heavy (non-hydrogen) atoms. The fourth-order valence-electron chi connectivity index (χ4n) is 5.17. The number of ether oxygens (including phenoxy) is 3. The number of hydrogen-bond acceptors (Lipinski definition) is 8.